The van der Waals surface area contributed by atoms with Crippen LogP contribution in [0, 0.1) is 0 Å². The molecule has 3 aromatic carbocycles. The van der Waals surface area contributed by atoms with E-state index in [1.54, 1.807) is 7.11 Å². The number of hydrogen-bond acceptors (Lipinski definition) is 4. The summed E-state index contributed by atoms with van der Waals surface area (Å²) in [6.45, 7) is 0.825. The Morgan fingerprint density at radius 3 is 1.74 bits per heavy atom. The average molecular weight is 456 g/mol. The molecule has 1 fully saturated rings. The Bertz CT molecular complexity index is 1000. The van der Waals surface area contributed by atoms with E-state index >= 15 is 0 Å². The highest BCUT2D eigenvalue weighted by molar-refractivity contribution is 5.97. The van der Waals surface area contributed by atoms with Crippen LogP contribution in [-0.2, 0) is 6.42 Å². The third-order valence-corrected chi connectivity index (χ3v) is 6.86. The van der Waals surface area contributed by atoms with Crippen LogP contribution in [0.25, 0.3) is 0 Å². The van der Waals surface area contributed by atoms with Gasteiger partial charge >= 0.3 is 0 Å². The quantitative estimate of drug-likeness (QED) is 0.352. The van der Waals surface area contributed by atoms with Crippen molar-refractivity contribution in [3.05, 3.63) is 102 Å². The Kier molecular flexibility index (Phi) is 8.26. The summed E-state index contributed by atoms with van der Waals surface area (Å²) < 4.78 is 5.28. The van der Waals surface area contributed by atoms with Gasteiger partial charge in [-0.1, -0.05) is 79.2 Å². The number of nitrogens with zero attached hydrogens (tertiary/aromatic N) is 1. The number of ether oxygens (including phenoxy) is 1. The average Bonchev–Trinajstić information content (AvgIpc) is 2.89. The van der Waals surface area contributed by atoms with Crippen molar-refractivity contribution >= 4 is 11.6 Å². The van der Waals surface area contributed by atoms with Crippen LogP contribution in [0.5, 0.6) is 5.75 Å². The molecule has 3 aromatic rings. The van der Waals surface area contributed by atoms with Crippen molar-refractivity contribution in [1.82, 2.24) is 4.90 Å². The van der Waals surface area contributed by atoms with Crippen LogP contribution in [0.4, 0.5) is 0 Å². The number of carbonyl (C=O) groups excluding carboxylic acids is 2. The molecule has 0 bridgehead atoms. The molecule has 0 radical (unpaired) electrons. The van der Waals surface area contributed by atoms with E-state index in [1.165, 1.54) is 5.56 Å². The van der Waals surface area contributed by atoms with Gasteiger partial charge in [0.1, 0.15) is 5.75 Å². The van der Waals surface area contributed by atoms with E-state index < -0.39 is 0 Å². The fourth-order valence-corrected chi connectivity index (χ4v) is 4.98. The molecular weight excluding hydrogens is 422 g/mol. The molecule has 0 amide bonds. The zero-order valence-corrected chi connectivity index (χ0v) is 19.9. The van der Waals surface area contributed by atoms with Gasteiger partial charge in [0.2, 0.25) is 0 Å². The van der Waals surface area contributed by atoms with Crippen LogP contribution in [0.15, 0.2) is 84.9 Å². The van der Waals surface area contributed by atoms with Gasteiger partial charge in [-0.2, -0.15) is 0 Å². The van der Waals surface area contributed by atoms with Gasteiger partial charge in [-0.25, -0.2) is 0 Å². The van der Waals surface area contributed by atoms with Crippen molar-refractivity contribution in [2.45, 2.75) is 50.6 Å². The van der Waals surface area contributed by atoms with Gasteiger partial charge in [-0.05, 0) is 37.0 Å². The van der Waals surface area contributed by atoms with Crippen molar-refractivity contribution in [1.29, 1.82) is 0 Å². The topological polar surface area (TPSA) is 46.6 Å². The van der Waals surface area contributed by atoms with Crippen LogP contribution in [-0.4, -0.2) is 42.2 Å². The van der Waals surface area contributed by atoms with Crippen molar-refractivity contribution in [2.24, 2.45) is 0 Å². The first-order valence-electron chi connectivity index (χ1n) is 12.2. The van der Waals surface area contributed by atoms with Crippen molar-refractivity contribution in [3.63, 3.8) is 0 Å². The lowest BCUT2D eigenvalue weighted by Crippen LogP contribution is -2.49. The largest absolute Gasteiger partial charge is 0.497 e. The van der Waals surface area contributed by atoms with Gasteiger partial charge in [-0.15, -0.1) is 0 Å². The Morgan fingerprint density at radius 2 is 1.26 bits per heavy atom. The van der Waals surface area contributed by atoms with Crippen molar-refractivity contribution < 1.29 is 14.3 Å². The molecular formula is C30H33NO3. The predicted octanol–water partition coefficient (Wildman–Crippen LogP) is 6.01. The lowest BCUT2D eigenvalue weighted by atomic mass is 9.87. The third kappa shape index (κ3) is 6.21. The first-order valence-corrected chi connectivity index (χ1v) is 12.2. The van der Waals surface area contributed by atoms with Crippen LogP contribution < -0.4 is 4.74 Å². The summed E-state index contributed by atoms with van der Waals surface area (Å²) in [5, 5.41) is 0. The second-order valence-electron chi connectivity index (χ2n) is 9.06. The van der Waals surface area contributed by atoms with E-state index in [9.17, 15) is 9.59 Å². The Balaban J connectivity index is 1.50. The summed E-state index contributed by atoms with van der Waals surface area (Å²) in [5.41, 5.74) is 2.76. The number of carbonyl (C=O) groups is 2. The highest BCUT2D eigenvalue weighted by Gasteiger charge is 2.33. The molecule has 0 saturated carbocycles. The van der Waals surface area contributed by atoms with Gasteiger partial charge in [0.15, 0.2) is 11.6 Å². The maximum atomic E-state index is 13.0. The lowest BCUT2D eigenvalue weighted by molar-refractivity contribution is 0.0596. The van der Waals surface area contributed by atoms with Crippen molar-refractivity contribution in [2.75, 3.05) is 13.7 Å². The minimum Gasteiger partial charge on any atom is -0.497 e. The monoisotopic (exact) mass is 455 g/mol. The van der Waals surface area contributed by atoms with Gasteiger partial charge in [0, 0.05) is 42.6 Å². The normalized spacial score (nSPS) is 18.4. The van der Waals surface area contributed by atoms with Gasteiger partial charge in [0.05, 0.1) is 7.11 Å². The van der Waals surface area contributed by atoms with Crippen LogP contribution in [0.2, 0.25) is 0 Å². The Labute approximate surface area is 202 Å². The van der Waals surface area contributed by atoms with Gasteiger partial charge in [0.25, 0.3) is 0 Å². The second-order valence-corrected chi connectivity index (χ2v) is 9.06. The number of likely N-dealkylation sites (tertiary alicyclic amines) is 1. The van der Waals surface area contributed by atoms with E-state index in [0.717, 1.165) is 49.1 Å². The molecule has 4 rings (SSSR count). The number of ketones is 2. The summed E-state index contributed by atoms with van der Waals surface area (Å²) in [6, 6.07) is 27.5. The van der Waals surface area contributed by atoms with Gasteiger partial charge < -0.3 is 4.74 Å². The predicted molar refractivity (Wildman–Crippen MR) is 136 cm³/mol. The van der Waals surface area contributed by atoms with Crippen LogP contribution in [0.3, 0.4) is 0 Å². The molecule has 0 N–H and O–H groups in total. The standard InChI is InChI=1S/C30H33NO3/c1-34-28-17-15-23(16-18-28)19-20-31-26(21-29(32)24-9-4-2-5-10-24)13-8-14-27(31)22-30(33)25-11-6-3-7-12-25/h2-7,9-12,15-18,26-27H,8,13-14,19-22H2,1H3/t26-,27-/m1/s1. The summed E-state index contributed by atoms with van der Waals surface area (Å²) in [5.74, 6) is 1.20. The first kappa shape index (κ1) is 23.9. The summed E-state index contributed by atoms with van der Waals surface area (Å²) in [6.07, 6.45) is 4.86. The van der Waals surface area contributed by atoms with Gasteiger partial charge in [-0.3, -0.25) is 14.5 Å². The molecule has 1 saturated heterocycles. The van der Waals surface area contributed by atoms with Crippen molar-refractivity contribution in [3.8, 4) is 5.75 Å². The number of rotatable bonds is 10. The molecule has 0 aliphatic carbocycles. The number of benzene rings is 3. The number of methoxy groups -OCH3 is 1. The minimum atomic E-state index is 0.147. The fraction of sp³-hybridized carbons (Fsp3) is 0.333. The van der Waals surface area contributed by atoms with E-state index in [4.69, 9.17) is 4.74 Å². The molecule has 1 heterocycles. The van der Waals surface area contributed by atoms with Crippen LogP contribution in [0.1, 0.15) is 58.4 Å². The third-order valence-electron chi connectivity index (χ3n) is 6.86. The molecule has 0 unspecified atom stereocenters. The molecule has 0 spiro atoms. The summed E-state index contributed by atoms with van der Waals surface area (Å²) in [4.78, 5) is 28.5. The lowest BCUT2D eigenvalue weighted by Gasteiger charge is -2.42. The number of piperidine rings is 1. The molecule has 4 heteroatoms. The second kappa shape index (κ2) is 11.8. The fourth-order valence-electron chi connectivity index (χ4n) is 4.98. The van der Waals surface area contributed by atoms with E-state index in [1.807, 2.05) is 72.8 Å². The van der Waals surface area contributed by atoms with Crippen LogP contribution >= 0.6 is 0 Å². The Morgan fingerprint density at radius 1 is 0.765 bits per heavy atom. The summed E-state index contributed by atoms with van der Waals surface area (Å²) in [7, 11) is 1.67. The molecule has 34 heavy (non-hydrogen) atoms. The maximum absolute atomic E-state index is 13.0. The highest BCUT2D eigenvalue weighted by atomic mass is 16.5. The minimum absolute atomic E-state index is 0.147. The zero-order valence-electron chi connectivity index (χ0n) is 19.9. The molecule has 1 aliphatic rings. The Hall–Kier alpha value is -3.24. The maximum Gasteiger partial charge on any atom is 0.164 e. The molecule has 176 valence electrons. The molecule has 0 aromatic heterocycles. The molecule has 2 atom stereocenters. The number of Topliss-reactive ketones (excluding diaryl/α,β-unsaturated/α-hetero) is 2. The highest BCUT2D eigenvalue weighted by Crippen LogP contribution is 2.29. The summed E-state index contributed by atoms with van der Waals surface area (Å²) >= 11 is 0. The molecule has 4 nitrogen and oxygen atoms in total. The van der Waals surface area contributed by atoms with E-state index in [0.29, 0.717) is 12.8 Å². The zero-order chi connectivity index (χ0) is 23.8. The first-order chi connectivity index (χ1) is 16.6. The van der Waals surface area contributed by atoms with E-state index in [2.05, 4.69) is 17.0 Å². The smallest absolute Gasteiger partial charge is 0.164 e. The van der Waals surface area contributed by atoms with E-state index in [-0.39, 0.29) is 23.7 Å². The SMILES string of the molecule is COc1ccc(CCN2[C@@H](CC(=O)c3ccccc3)CCC[C@@H]2CC(=O)c2ccccc2)cc1. The molecule has 1 aliphatic heterocycles. The number of hydrogen-bond donors (Lipinski definition) is 0.